The van der Waals surface area contributed by atoms with Gasteiger partial charge >= 0.3 is 0 Å². The van der Waals surface area contributed by atoms with Gasteiger partial charge in [-0.1, -0.05) is 44.2 Å². The molecule has 0 fully saturated rings. The Morgan fingerprint density at radius 3 is 2.25 bits per heavy atom. The van der Waals surface area contributed by atoms with E-state index in [0.29, 0.717) is 13.1 Å². The van der Waals surface area contributed by atoms with Crippen molar-refractivity contribution in [3.05, 3.63) is 35.9 Å². The second-order valence-electron chi connectivity index (χ2n) is 5.24. The van der Waals surface area contributed by atoms with E-state index >= 15 is 0 Å². The average molecular weight is 276 g/mol. The van der Waals surface area contributed by atoms with Crippen LogP contribution in [0.2, 0.25) is 0 Å². The van der Waals surface area contributed by atoms with E-state index in [1.807, 2.05) is 51.1 Å². The summed E-state index contributed by atoms with van der Waals surface area (Å²) in [6.45, 7) is 8.26. The molecule has 4 heteroatoms. The van der Waals surface area contributed by atoms with E-state index in [0.717, 1.165) is 5.56 Å². The topological polar surface area (TPSA) is 49.4 Å². The van der Waals surface area contributed by atoms with E-state index in [1.54, 1.807) is 11.8 Å². The van der Waals surface area contributed by atoms with Gasteiger partial charge < -0.3 is 10.2 Å². The molecule has 0 aliphatic rings. The van der Waals surface area contributed by atoms with Gasteiger partial charge in [0, 0.05) is 25.9 Å². The molecule has 1 rings (SSSR count). The number of hydrogen-bond donors (Lipinski definition) is 1. The standard InChI is InChI=1S/C16H24N2O2/c1-12(2)16(20)17-10-11-18(14(4)19)13(3)15-8-6-5-7-9-15/h5-9,12-13H,10-11H2,1-4H3,(H,17,20). The van der Waals surface area contributed by atoms with Crippen molar-refractivity contribution >= 4 is 11.8 Å². The maximum absolute atomic E-state index is 11.8. The Morgan fingerprint density at radius 1 is 1.15 bits per heavy atom. The number of benzene rings is 1. The van der Waals surface area contributed by atoms with Gasteiger partial charge in [0.1, 0.15) is 0 Å². The van der Waals surface area contributed by atoms with Crippen LogP contribution in [0, 0.1) is 5.92 Å². The normalized spacial score (nSPS) is 12.1. The number of carbonyl (C=O) groups is 2. The first kappa shape index (κ1) is 16.2. The fraction of sp³-hybridized carbons (Fsp3) is 0.500. The number of amides is 2. The lowest BCUT2D eigenvalue weighted by Crippen LogP contribution is -2.39. The van der Waals surface area contributed by atoms with Gasteiger partial charge in [0.15, 0.2) is 0 Å². The molecule has 20 heavy (non-hydrogen) atoms. The Kier molecular flexibility index (Phi) is 6.22. The summed E-state index contributed by atoms with van der Waals surface area (Å²) in [6.07, 6.45) is 0. The molecule has 1 aromatic carbocycles. The molecule has 1 unspecified atom stereocenters. The van der Waals surface area contributed by atoms with Gasteiger partial charge in [-0.15, -0.1) is 0 Å². The quantitative estimate of drug-likeness (QED) is 0.867. The first-order chi connectivity index (χ1) is 9.43. The van der Waals surface area contributed by atoms with Crippen molar-refractivity contribution in [2.75, 3.05) is 13.1 Å². The number of nitrogens with zero attached hydrogens (tertiary/aromatic N) is 1. The van der Waals surface area contributed by atoms with Crippen LogP contribution in [-0.4, -0.2) is 29.8 Å². The minimum atomic E-state index is -0.0349. The molecule has 0 aromatic heterocycles. The number of carbonyl (C=O) groups excluding carboxylic acids is 2. The zero-order valence-corrected chi connectivity index (χ0v) is 12.7. The average Bonchev–Trinajstić information content (AvgIpc) is 2.43. The third-order valence-electron chi connectivity index (χ3n) is 3.33. The Bertz CT molecular complexity index is 443. The molecule has 0 heterocycles. The van der Waals surface area contributed by atoms with Crippen molar-refractivity contribution in [1.82, 2.24) is 10.2 Å². The first-order valence-corrected chi connectivity index (χ1v) is 7.03. The number of nitrogens with one attached hydrogen (secondary N) is 1. The minimum absolute atomic E-state index is 0.00431. The van der Waals surface area contributed by atoms with Gasteiger partial charge in [-0.2, -0.15) is 0 Å². The SMILES string of the molecule is CC(=O)N(CCNC(=O)C(C)C)C(C)c1ccccc1. The zero-order chi connectivity index (χ0) is 15.1. The Balaban J connectivity index is 2.61. The summed E-state index contributed by atoms with van der Waals surface area (Å²) in [6, 6.07) is 9.90. The Morgan fingerprint density at radius 2 is 1.75 bits per heavy atom. The number of rotatable bonds is 6. The lowest BCUT2D eigenvalue weighted by Gasteiger charge is -2.28. The third-order valence-corrected chi connectivity index (χ3v) is 3.33. The molecule has 0 bridgehead atoms. The van der Waals surface area contributed by atoms with Gasteiger partial charge in [0.05, 0.1) is 6.04 Å². The molecule has 0 spiro atoms. The van der Waals surface area contributed by atoms with Crippen molar-refractivity contribution in [2.24, 2.45) is 5.92 Å². The predicted octanol–water partition coefficient (Wildman–Crippen LogP) is 2.37. The van der Waals surface area contributed by atoms with Crippen LogP contribution in [-0.2, 0) is 9.59 Å². The van der Waals surface area contributed by atoms with Crippen LogP contribution in [0.3, 0.4) is 0 Å². The monoisotopic (exact) mass is 276 g/mol. The van der Waals surface area contributed by atoms with Crippen LogP contribution in [0.25, 0.3) is 0 Å². The van der Waals surface area contributed by atoms with Crippen LogP contribution in [0.1, 0.15) is 39.3 Å². The van der Waals surface area contributed by atoms with E-state index in [2.05, 4.69) is 5.32 Å². The van der Waals surface area contributed by atoms with Crippen LogP contribution >= 0.6 is 0 Å². The predicted molar refractivity (Wildman–Crippen MR) is 80.1 cm³/mol. The molecule has 4 nitrogen and oxygen atoms in total. The maximum Gasteiger partial charge on any atom is 0.222 e. The van der Waals surface area contributed by atoms with Gasteiger partial charge in [0.25, 0.3) is 0 Å². The summed E-state index contributed by atoms with van der Waals surface area (Å²) in [4.78, 5) is 25.1. The van der Waals surface area contributed by atoms with Gasteiger partial charge in [-0.3, -0.25) is 9.59 Å². The second-order valence-corrected chi connectivity index (χ2v) is 5.24. The summed E-state index contributed by atoms with van der Waals surface area (Å²) >= 11 is 0. The van der Waals surface area contributed by atoms with Crippen molar-refractivity contribution in [3.63, 3.8) is 0 Å². The molecule has 0 aliphatic carbocycles. The molecule has 1 N–H and O–H groups in total. The van der Waals surface area contributed by atoms with Crippen molar-refractivity contribution < 1.29 is 9.59 Å². The van der Waals surface area contributed by atoms with E-state index in [-0.39, 0.29) is 23.8 Å². The minimum Gasteiger partial charge on any atom is -0.354 e. The largest absolute Gasteiger partial charge is 0.354 e. The molecule has 110 valence electrons. The molecule has 1 atom stereocenters. The molecular weight excluding hydrogens is 252 g/mol. The highest BCUT2D eigenvalue weighted by Crippen LogP contribution is 2.19. The van der Waals surface area contributed by atoms with Crippen molar-refractivity contribution in [2.45, 2.75) is 33.7 Å². The van der Waals surface area contributed by atoms with E-state index in [9.17, 15) is 9.59 Å². The summed E-state index contributed by atoms with van der Waals surface area (Å²) < 4.78 is 0. The second kappa shape index (κ2) is 7.68. The summed E-state index contributed by atoms with van der Waals surface area (Å²) in [5, 5.41) is 2.84. The highest BCUT2D eigenvalue weighted by atomic mass is 16.2. The van der Waals surface area contributed by atoms with Crippen LogP contribution in [0.4, 0.5) is 0 Å². The molecular formula is C16H24N2O2. The van der Waals surface area contributed by atoms with Crippen LogP contribution in [0.5, 0.6) is 0 Å². The van der Waals surface area contributed by atoms with Gasteiger partial charge in [-0.05, 0) is 12.5 Å². The first-order valence-electron chi connectivity index (χ1n) is 7.03. The summed E-state index contributed by atoms with van der Waals surface area (Å²) in [5.74, 6) is -0.00617. The molecule has 0 saturated heterocycles. The Hall–Kier alpha value is -1.84. The van der Waals surface area contributed by atoms with E-state index < -0.39 is 0 Å². The maximum atomic E-state index is 11.8. The van der Waals surface area contributed by atoms with Crippen LogP contribution < -0.4 is 5.32 Å². The van der Waals surface area contributed by atoms with Gasteiger partial charge in [-0.25, -0.2) is 0 Å². The lowest BCUT2D eigenvalue weighted by molar-refractivity contribution is -0.131. The van der Waals surface area contributed by atoms with E-state index in [1.165, 1.54) is 0 Å². The summed E-state index contributed by atoms with van der Waals surface area (Å²) in [5.41, 5.74) is 1.10. The van der Waals surface area contributed by atoms with Gasteiger partial charge in [0.2, 0.25) is 11.8 Å². The smallest absolute Gasteiger partial charge is 0.222 e. The Labute approximate surface area is 121 Å². The fourth-order valence-corrected chi connectivity index (χ4v) is 2.04. The molecule has 1 aromatic rings. The zero-order valence-electron chi connectivity index (χ0n) is 12.7. The fourth-order valence-electron chi connectivity index (χ4n) is 2.04. The highest BCUT2D eigenvalue weighted by molar-refractivity contribution is 5.78. The van der Waals surface area contributed by atoms with Crippen molar-refractivity contribution in [3.8, 4) is 0 Å². The van der Waals surface area contributed by atoms with Crippen molar-refractivity contribution in [1.29, 1.82) is 0 Å². The molecule has 0 aliphatic heterocycles. The third kappa shape index (κ3) is 4.68. The molecule has 0 saturated carbocycles. The lowest BCUT2D eigenvalue weighted by atomic mass is 10.1. The molecule has 2 amide bonds. The molecule has 0 radical (unpaired) electrons. The van der Waals surface area contributed by atoms with Crippen LogP contribution in [0.15, 0.2) is 30.3 Å². The summed E-state index contributed by atoms with van der Waals surface area (Å²) in [7, 11) is 0. The highest BCUT2D eigenvalue weighted by Gasteiger charge is 2.18. The number of hydrogen-bond acceptors (Lipinski definition) is 2. The van der Waals surface area contributed by atoms with E-state index in [4.69, 9.17) is 0 Å².